The van der Waals surface area contributed by atoms with Crippen molar-refractivity contribution in [1.82, 2.24) is 19.8 Å². The second kappa shape index (κ2) is 8.05. The Morgan fingerprint density at radius 2 is 1.81 bits per heavy atom. The number of hydrogen-bond donors (Lipinski definition) is 1. The summed E-state index contributed by atoms with van der Waals surface area (Å²) in [5.41, 5.74) is 4.61. The zero-order chi connectivity index (χ0) is 19.6. The van der Waals surface area contributed by atoms with Gasteiger partial charge in [0.25, 0.3) is 5.91 Å². The second-order valence-electron chi connectivity index (χ2n) is 7.63. The number of amides is 1. The van der Waals surface area contributed by atoms with E-state index in [0.717, 1.165) is 43.1 Å². The van der Waals surface area contributed by atoms with Gasteiger partial charge in [0.2, 0.25) is 5.95 Å². The molecule has 1 amide bonds. The highest BCUT2D eigenvalue weighted by Crippen LogP contribution is 2.29. The predicted octanol–water partition coefficient (Wildman–Crippen LogP) is 3.35. The number of aromatic nitrogens is 2. The van der Waals surface area contributed by atoms with Crippen LogP contribution in [0.2, 0.25) is 0 Å². The van der Waals surface area contributed by atoms with Crippen LogP contribution < -0.4 is 5.32 Å². The standard InChI is InChI=1S/C21H29N5O/c1-14(2)17-8-6-7-15(3)19(17)24-21-22-16(4)13-18(23-21)20(27)26-11-9-25(5)10-12-26/h6-8,13-14H,9-12H2,1-5H3,(H,22,23,24). The molecule has 2 heterocycles. The number of piperazine rings is 1. The van der Waals surface area contributed by atoms with Crippen LogP contribution in [0.15, 0.2) is 24.3 Å². The minimum absolute atomic E-state index is 0.0227. The van der Waals surface area contributed by atoms with Crippen molar-refractivity contribution < 1.29 is 4.79 Å². The van der Waals surface area contributed by atoms with E-state index in [1.165, 1.54) is 5.56 Å². The van der Waals surface area contributed by atoms with Crippen molar-refractivity contribution in [3.05, 3.63) is 46.8 Å². The topological polar surface area (TPSA) is 61.4 Å². The minimum Gasteiger partial charge on any atom is -0.335 e. The maximum Gasteiger partial charge on any atom is 0.272 e. The Balaban J connectivity index is 1.87. The van der Waals surface area contributed by atoms with Crippen LogP contribution in [-0.2, 0) is 0 Å². The van der Waals surface area contributed by atoms with Gasteiger partial charge in [-0.2, -0.15) is 0 Å². The lowest BCUT2D eigenvalue weighted by Gasteiger charge is -2.32. The van der Waals surface area contributed by atoms with Crippen molar-refractivity contribution in [2.24, 2.45) is 0 Å². The maximum absolute atomic E-state index is 12.9. The molecule has 1 aliphatic rings. The van der Waals surface area contributed by atoms with Crippen molar-refractivity contribution in [2.75, 3.05) is 38.5 Å². The Kier molecular flexibility index (Phi) is 5.75. The van der Waals surface area contributed by atoms with E-state index >= 15 is 0 Å². The summed E-state index contributed by atoms with van der Waals surface area (Å²) in [7, 11) is 2.08. The first-order chi connectivity index (χ1) is 12.8. The van der Waals surface area contributed by atoms with Gasteiger partial charge in [0, 0.05) is 37.6 Å². The van der Waals surface area contributed by atoms with E-state index in [0.29, 0.717) is 17.6 Å². The predicted molar refractivity (Wildman–Crippen MR) is 109 cm³/mol. The van der Waals surface area contributed by atoms with Crippen LogP contribution in [0.5, 0.6) is 0 Å². The number of para-hydroxylation sites is 1. The number of rotatable bonds is 4. The van der Waals surface area contributed by atoms with Gasteiger partial charge >= 0.3 is 0 Å². The SMILES string of the molecule is Cc1cc(C(=O)N2CCN(C)CC2)nc(Nc2c(C)cccc2C(C)C)n1. The van der Waals surface area contributed by atoms with Crippen LogP contribution >= 0.6 is 0 Å². The first-order valence-corrected chi connectivity index (χ1v) is 9.55. The Morgan fingerprint density at radius 1 is 1.11 bits per heavy atom. The number of carbonyl (C=O) groups is 1. The van der Waals surface area contributed by atoms with Gasteiger partial charge in [-0.15, -0.1) is 0 Å². The van der Waals surface area contributed by atoms with Crippen molar-refractivity contribution in [3.8, 4) is 0 Å². The Bertz CT molecular complexity index is 825. The zero-order valence-corrected chi connectivity index (χ0v) is 16.9. The third-order valence-electron chi connectivity index (χ3n) is 5.03. The van der Waals surface area contributed by atoms with E-state index in [4.69, 9.17) is 0 Å². The number of anilines is 2. The number of carbonyl (C=O) groups excluding carboxylic acids is 1. The molecule has 0 bridgehead atoms. The fourth-order valence-electron chi connectivity index (χ4n) is 3.36. The number of nitrogens with zero attached hydrogens (tertiary/aromatic N) is 4. The van der Waals surface area contributed by atoms with Crippen molar-refractivity contribution >= 4 is 17.5 Å². The van der Waals surface area contributed by atoms with Gasteiger partial charge in [-0.3, -0.25) is 4.79 Å². The molecule has 0 unspecified atom stereocenters. The van der Waals surface area contributed by atoms with Crippen molar-refractivity contribution in [2.45, 2.75) is 33.6 Å². The fourth-order valence-corrected chi connectivity index (χ4v) is 3.36. The van der Waals surface area contributed by atoms with Crippen LogP contribution in [0.3, 0.4) is 0 Å². The molecule has 27 heavy (non-hydrogen) atoms. The molecule has 1 aliphatic heterocycles. The summed E-state index contributed by atoms with van der Waals surface area (Å²) < 4.78 is 0. The summed E-state index contributed by atoms with van der Waals surface area (Å²) in [6.45, 7) is 11.5. The molecular weight excluding hydrogens is 338 g/mol. The average Bonchev–Trinajstić information content (AvgIpc) is 2.63. The molecule has 2 aromatic rings. The van der Waals surface area contributed by atoms with Crippen LogP contribution in [-0.4, -0.2) is 58.9 Å². The number of nitrogens with one attached hydrogen (secondary N) is 1. The molecule has 6 nitrogen and oxygen atoms in total. The molecule has 0 saturated carbocycles. The first kappa shape index (κ1) is 19.3. The third-order valence-corrected chi connectivity index (χ3v) is 5.03. The molecule has 1 aromatic carbocycles. The smallest absolute Gasteiger partial charge is 0.272 e. The van der Waals surface area contributed by atoms with Gasteiger partial charge in [-0.05, 0) is 44.0 Å². The van der Waals surface area contributed by atoms with Crippen molar-refractivity contribution in [1.29, 1.82) is 0 Å². The summed E-state index contributed by atoms with van der Waals surface area (Å²) in [5, 5.41) is 3.37. The molecule has 1 aromatic heterocycles. The lowest BCUT2D eigenvalue weighted by atomic mass is 9.98. The zero-order valence-electron chi connectivity index (χ0n) is 16.9. The average molecular weight is 367 g/mol. The monoisotopic (exact) mass is 367 g/mol. The lowest BCUT2D eigenvalue weighted by molar-refractivity contribution is 0.0658. The lowest BCUT2D eigenvalue weighted by Crippen LogP contribution is -2.47. The van der Waals surface area contributed by atoms with Gasteiger partial charge in [0.1, 0.15) is 5.69 Å². The fraction of sp³-hybridized carbons (Fsp3) is 0.476. The maximum atomic E-state index is 12.9. The number of hydrogen-bond acceptors (Lipinski definition) is 5. The summed E-state index contributed by atoms with van der Waals surface area (Å²) >= 11 is 0. The van der Waals surface area contributed by atoms with E-state index in [2.05, 4.69) is 66.2 Å². The molecule has 6 heteroatoms. The molecule has 1 N–H and O–H groups in total. The highest BCUT2D eigenvalue weighted by atomic mass is 16.2. The first-order valence-electron chi connectivity index (χ1n) is 9.55. The Morgan fingerprint density at radius 3 is 2.48 bits per heavy atom. The third kappa shape index (κ3) is 4.45. The molecule has 144 valence electrons. The second-order valence-corrected chi connectivity index (χ2v) is 7.63. The van der Waals surface area contributed by atoms with Crippen LogP contribution in [0.4, 0.5) is 11.6 Å². The van der Waals surface area contributed by atoms with E-state index in [9.17, 15) is 4.79 Å². The number of likely N-dealkylation sites (N-methyl/N-ethyl adjacent to an activating group) is 1. The molecule has 0 atom stereocenters. The van der Waals surface area contributed by atoms with E-state index < -0.39 is 0 Å². The van der Waals surface area contributed by atoms with Gasteiger partial charge in [0.15, 0.2) is 0 Å². The van der Waals surface area contributed by atoms with Crippen molar-refractivity contribution in [3.63, 3.8) is 0 Å². The molecular formula is C21H29N5O. The molecule has 0 aliphatic carbocycles. The summed E-state index contributed by atoms with van der Waals surface area (Å²) in [4.78, 5) is 26.0. The largest absolute Gasteiger partial charge is 0.335 e. The van der Waals surface area contributed by atoms with Crippen LogP contribution in [0.25, 0.3) is 0 Å². The van der Waals surface area contributed by atoms with Gasteiger partial charge in [-0.25, -0.2) is 9.97 Å². The minimum atomic E-state index is -0.0227. The number of aryl methyl sites for hydroxylation is 2. The highest BCUT2D eigenvalue weighted by Gasteiger charge is 2.22. The molecule has 0 spiro atoms. The normalized spacial score (nSPS) is 15.3. The van der Waals surface area contributed by atoms with Crippen LogP contribution in [0, 0.1) is 13.8 Å². The highest BCUT2D eigenvalue weighted by molar-refractivity contribution is 5.92. The molecule has 3 rings (SSSR count). The quantitative estimate of drug-likeness (QED) is 0.898. The van der Waals surface area contributed by atoms with E-state index in [1.807, 2.05) is 11.8 Å². The summed E-state index contributed by atoms with van der Waals surface area (Å²) in [6.07, 6.45) is 0. The summed E-state index contributed by atoms with van der Waals surface area (Å²) in [6, 6.07) is 8.02. The van der Waals surface area contributed by atoms with Gasteiger partial charge < -0.3 is 15.1 Å². The van der Waals surface area contributed by atoms with Gasteiger partial charge in [-0.1, -0.05) is 32.0 Å². The van der Waals surface area contributed by atoms with E-state index in [1.54, 1.807) is 6.07 Å². The van der Waals surface area contributed by atoms with Gasteiger partial charge in [0.05, 0.1) is 0 Å². The summed E-state index contributed by atoms with van der Waals surface area (Å²) in [5.74, 6) is 0.831. The molecule has 0 radical (unpaired) electrons. The Hall–Kier alpha value is -2.47. The molecule has 1 fully saturated rings. The molecule has 1 saturated heterocycles. The Labute approximate surface area is 161 Å². The number of benzene rings is 1. The van der Waals surface area contributed by atoms with Crippen LogP contribution in [0.1, 0.15) is 47.1 Å². The van der Waals surface area contributed by atoms with E-state index in [-0.39, 0.29) is 5.91 Å².